The van der Waals surface area contributed by atoms with Gasteiger partial charge in [-0.15, -0.1) is 5.10 Å². The van der Waals surface area contributed by atoms with Crippen LogP contribution in [-0.2, 0) is 11.3 Å². The molecule has 1 fully saturated rings. The van der Waals surface area contributed by atoms with E-state index in [4.69, 9.17) is 4.74 Å². The zero-order valence-corrected chi connectivity index (χ0v) is 15.5. The average molecular weight is 371 g/mol. The van der Waals surface area contributed by atoms with Crippen molar-refractivity contribution in [3.63, 3.8) is 0 Å². The Bertz CT molecular complexity index is 754. The second kappa shape index (κ2) is 9.16. The third-order valence-electron chi connectivity index (χ3n) is 4.80. The highest BCUT2D eigenvalue weighted by molar-refractivity contribution is 5.94. The summed E-state index contributed by atoms with van der Waals surface area (Å²) >= 11 is 0. The maximum Gasteiger partial charge on any atom is 0.253 e. The highest BCUT2D eigenvalue weighted by Crippen LogP contribution is 2.21. The number of hydrogen-bond donors (Lipinski definition) is 1. The Kier molecular flexibility index (Phi) is 6.40. The summed E-state index contributed by atoms with van der Waals surface area (Å²) in [4.78, 5) is 26.8. The van der Waals surface area contributed by atoms with Gasteiger partial charge in [0.2, 0.25) is 5.91 Å². The van der Waals surface area contributed by atoms with Crippen molar-refractivity contribution in [1.82, 2.24) is 25.2 Å². The maximum absolute atomic E-state index is 12.6. The number of likely N-dealkylation sites (tertiary alicyclic amines) is 1. The number of methoxy groups -OCH3 is 1. The normalized spacial score (nSPS) is 14.8. The van der Waals surface area contributed by atoms with E-state index in [-0.39, 0.29) is 17.7 Å². The van der Waals surface area contributed by atoms with Gasteiger partial charge in [0.05, 0.1) is 13.3 Å². The molecule has 2 amide bonds. The number of nitrogens with one attached hydrogen (secondary N) is 1. The zero-order valence-electron chi connectivity index (χ0n) is 15.5. The van der Waals surface area contributed by atoms with Gasteiger partial charge in [-0.3, -0.25) is 14.3 Å². The molecule has 1 saturated heterocycles. The molecular weight excluding hydrogens is 346 g/mol. The third kappa shape index (κ3) is 5.06. The van der Waals surface area contributed by atoms with Gasteiger partial charge in [-0.2, -0.15) is 0 Å². The number of aryl methyl sites for hydroxylation is 1. The Morgan fingerprint density at radius 3 is 2.81 bits per heavy atom. The van der Waals surface area contributed by atoms with Crippen molar-refractivity contribution in [3.8, 4) is 5.75 Å². The minimum Gasteiger partial charge on any atom is -0.497 e. The average Bonchev–Trinajstić information content (AvgIpc) is 3.24. The molecule has 1 aliphatic rings. The molecule has 3 rings (SSSR count). The first-order chi connectivity index (χ1) is 13.2. The van der Waals surface area contributed by atoms with E-state index in [0.717, 1.165) is 13.0 Å². The van der Waals surface area contributed by atoms with Crippen molar-refractivity contribution in [2.75, 3.05) is 26.7 Å². The Morgan fingerprint density at radius 1 is 1.30 bits per heavy atom. The molecule has 0 bridgehead atoms. The molecule has 1 aliphatic heterocycles. The molecule has 144 valence electrons. The standard InChI is InChI=1S/C19H25N5O3/c1-27-17-5-2-4-16(14-17)19(26)23-11-6-15(7-12-23)18(25)20-8-3-10-24-13-9-21-22-24/h2,4-5,9,13-15H,3,6-8,10-12H2,1H3,(H,20,25). The lowest BCUT2D eigenvalue weighted by Crippen LogP contribution is -2.43. The lowest BCUT2D eigenvalue weighted by atomic mass is 9.95. The summed E-state index contributed by atoms with van der Waals surface area (Å²) in [6, 6.07) is 7.16. The molecule has 1 aromatic carbocycles. The maximum atomic E-state index is 12.6. The number of ether oxygens (including phenoxy) is 1. The monoisotopic (exact) mass is 371 g/mol. The van der Waals surface area contributed by atoms with E-state index in [1.165, 1.54) is 0 Å². The van der Waals surface area contributed by atoms with Crippen LogP contribution >= 0.6 is 0 Å². The van der Waals surface area contributed by atoms with E-state index in [2.05, 4.69) is 15.6 Å². The molecule has 0 spiro atoms. The molecular formula is C19H25N5O3. The molecule has 0 saturated carbocycles. The van der Waals surface area contributed by atoms with E-state index >= 15 is 0 Å². The first-order valence-corrected chi connectivity index (χ1v) is 9.22. The van der Waals surface area contributed by atoms with Gasteiger partial charge in [0.1, 0.15) is 5.75 Å². The van der Waals surface area contributed by atoms with Crippen LogP contribution in [0.5, 0.6) is 5.75 Å². The van der Waals surface area contributed by atoms with Crippen molar-refractivity contribution < 1.29 is 14.3 Å². The second-order valence-electron chi connectivity index (χ2n) is 6.61. The van der Waals surface area contributed by atoms with Crippen molar-refractivity contribution in [3.05, 3.63) is 42.2 Å². The summed E-state index contributed by atoms with van der Waals surface area (Å²) in [5, 5.41) is 10.6. The van der Waals surface area contributed by atoms with Crippen LogP contribution in [0.15, 0.2) is 36.7 Å². The van der Waals surface area contributed by atoms with Crippen LogP contribution in [-0.4, -0.2) is 58.5 Å². The van der Waals surface area contributed by atoms with Crippen LogP contribution in [0.1, 0.15) is 29.6 Å². The molecule has 1 aromatic heterocycles. The van der Waals surface area contributed by atoms with Crippen molar-refractivity contribution in [1.29, 1.82) is 0 Å². The quantitative estimate of drug-likeness (QED) is 0.742. The largest absolute Gasteiger partial charge is 0.497 e. The fourth-order valence-corrected chi connectivity index (χ4v) is 3.23. The molecule has 2 heterocycles. The van der Waals surface area contributed by atoms with E-state index < -0.39 is 0 Å². The van der Waals surface area contributed by atoms with Crippen molar-refractivity contribution in [2.24, 2.45) is 5.92 Å². The SMILES string of the molecule is COc1cccc(C(=O)N2CCC(C(=O)NCCCn3ccnn3)CC2)c1. The highest BCUT2D eigenvalue weighted by atomic mass is 16.5. The predicted octanol–water partition coefficient (Wildman–Crippen LogP) is 1.35. The summed E-state index contributed by atoms with van der Waals surface area (Å²) in [6.45, 7) is 2.52. The van der Waals surface area contributed by atoms with Crippen LogP contribution < -0.4 is 10.1 Å². The topological polar surface area (TPSA) is 89.4 Å². The molecule has 8 heteroatoms. The van der Waals surface area contributed by atoms with Gasteiger partial charge in [0.15, 0.2) is 0 Å². The molecule has 27 heavy (non-hydrogen) atoms. The lowest BCUT2D eigenvalue weighted by Gasteiger charge is -2.31. The number of rotatable bonds is 7. The Hall–Kier alpha value is -2.90. The van der Waals surface area contributed by atoms with Gasteiger partial charge >= 0.3 is 0 Å². The number of hydrogen-bond acceptors (Lipinski definition) is 5. The van der Waals surface area contributed by atoms with Crippen LogP contribution in [0, 0.1) is 5.92 Å². The molecule has 0 aliphatic carbocycles. The Balaban J connectivity index is 1.41. The fourth-order valence-electron chi connectivity index (χ4n) is 3.23. The summed E-state index contributed by atoms with van der Waals surface area (Å²) in [5.41, 5.74) is 0.616. The molecule has 1 N–H and O–H groups in total. The van der Waals surface area contributed by atoms with E-state index in [1.54, 1.807) is 36.3 Å². The van der Waals surface area contributed by atoms with Crippen LogP contribution in [0.25, 0.3) is 0 Å². The van der Waals surface area contributed by atoms with Gasteiger partial charge in [-0.1, -0.05) is 11.3 Å². The van der Waals surface area contributed by atoms with E-state index in [0.29, 0.717) is 43.8 Å². The summed E-state index contributed by atoms with van der Waals surface area (Å²) < 4.78 is 6.92. The first-order valence-electron chi connectivity index (χ1n) is 9.22. The molecule has 8 nitrogen and oxygen atoms in total. The molecule has 0 atom stereocenters. The number of piperidine rings is 1. The summed E-state index contributed by atoms with van der Waals surface area (Å²) in [6.07, 6.45) is 5.62. The van der Waals surface area contributed by atoms with Gasteiger partial charge in [-0.05, 0) is 37.5 Å². The summed E-state index contributed by atoms with van der Waals surface area (Å²) in [7, 11) is 1.58. The number of carbonyl (C=O) groups excluding carboxylic acids is 2. The van der Waals surface area contributed by atoms with Gasteiger partial charge in [0, 0.05) is 43.9 Å². The van der Waals surface area contributed by atoms with E-state index in [1.807, 2.05) is 17.0 Å². The fraction of sp³-hybridized carbons (Fsp3) is 0.474. The first kappa shape index (κ1) is 18.9. The minimum atomic E-state index is -0.0364. The van der Waals surface area contributed by atoms with Gasteiger partial charge in [-0.25, -0.2) is 0 Å². The minimum absolute atomic E-state index is 0.0133. The third-order valence-corrected chi connectivity index (χ3v) is 4.80. The zero-order chi connectivity index (χ0) is 19.1. The van der Waals surface area contributed by atoms with Crippen molar-refractivity contribution >= 4 is 11.8 Å². The van der Waals surface area contributed by atoms with E-state index in [9.17, 15) is 9.59 Å². The lowest BCUT2D eigenvalue weighted by molar-refractivity contribution is -0.126. The smallest absolute Gasteiger partial charge is 0.253 e. The summed E-state index contributed by atoms with van der Waals surface area (Å²) in [5.74, 6) is 0.689. The van der Waals surface area contributed by atoms with Gasteiger partial charge in [0.25, 0.3) is 5.91 Å². The van der Waals surface area contributed by atoms with Crippen molar-refractivity contribution in [2.45, 2.75) is 25.8 Å². The predicted molar refractivity (Wildman–Crippen MR) is 99.3 cm³/mol. The second-order valence-corrected chi connectivity index (χ2v) is 6.61. The molecule has 0 radical (unpaired) electrons. The number of carbonyl (C=O) groups is 2. The van der Waals surface area contributed by atoms with Crippen LogP contribution in [0.3, 0.4) is 0 Å². The number of nitrogens with zero attached hydrogens (tertiary/aromatic N) is 4. The molecule has 2 aromatic rings. The number of benzene rings is 1. The highest BCUT2D eigenvalue weighted by Gasteiger charge is 2.27. The number of aromatic nitrogens is 3. The van der Waals surface area contributed by atoms with Crippen LogP contribution in [0.2, 0.25) is 0 Å². The Morgan fingerprint density at radius 2 is 2.11 bits per heavy atom. The van der Waals surface area contributed by atoms with Crippen LogP contribution in [0.4, 0.5) is 0 Å². The van der Waals surface area contributed by atoms with Gasteiger partial charge < -0.3 is 15.0 Å². The Labute approximate surface area is 158 Å². The number of amides is 2. The molecule has 0 unspecified atom stereocenters.